The van der Waals surface area contributed by atoms with Crippen molar-refractivity contribution in [2.24, 2.45) is 5.41 Å². The molecule has 0 aliphatic carbocycles. The maximum atomic E-state index is 14.3. The van der Waals surface area contributed by atoms with Crippen LogP contribution < -0.4 is 4.74 Å². The summed E-state index contributed by atoms with van der Waals surface area (Å²) < 4.78 is 45.8. The zero-order valence-corrected chi connectivity index (χ0v) is 16.0. The van der Waals surface area contributed by atoms with E-state index in [1.54, 1.807) is 0 Å². The van der Waals surface area contributed by atoms with E-state index < -0.39 is 23.5 Å². The first-order chi connectivity index (χ1) is 12.9. The predicted molar refractivity (Wildman–Crippen MR) is 96.1 cm³/mol. The van der Waals surface area contributed by atoms with Crippen molar-refractivity contribution in [3.63, 3.8) is 0 Å². The van der Waals surface area contributed by atoms with E-state index in [4.69, 9.17) is 19.5 Å². The molecule has 0 spiro atoms. The molecule has 0 amide bonds. The molecule has 0 radical (unpaired) electrons. The topological polar surface area (TPSA) is 51.5 Å². The molecule has 4 nitrogen and oxygen atoms in total. The van der Waals surface area contributed by atoms with Crippen molar-refractivity contribution < 1.29 is 23.0 Å². The van der Waals surface area contributed by atoms with Crippen LogP contribution in [0.1, 0.15) is 64.4 Å². The van der Waals surface area contributed by atoms with E-state index in [0.29, 0.717) is 38.0 Å². The Kier molecular flexibility index (Phi) is 6.02. The lowest BCUT2D eigenvalue weighted by Crippen LogP contribution is -2.41. The van der Waals surface area contributed by atoms with Gasteiger partial charge in [-0.15, -0.1) is 0 Å². The second-order valence-electron chi connectivity index (χ2n) is 7.89. The molecule has 148 valence electrons. The average molecular weight is 379 g/mol. The minimum absolute atomic E-state index is 0.133. The van der Waals surface area contributed by atoms with Crippen molar-refractivity contribution in [3.05, 3.63) is 29.3 Å². The van der Waals surface area contributed by atoms with Gasteiger partial charge in [-0.25, -0.2) is 4.39 Å². The molecule has 1 aromatic carbocycles. The van der Waals surface area contributed by atoms with Gasteiger partial charge in [0, 0.05) is 18.3 Å². The summed E-state index contributed by atoms with van der Waals surface area (Å²) in [5.74, 6) is -2.08. The molecule has 1 aromatic rings. The van der Waals surface area contributed by atoms with E-state index in [1.807, 2.05) is 6.92 Å². The molecular formula is C21H27F2NO3. The van der Waals surface area contributed by atoms with Crippen LogP contribution in [0.15, 0.2) is 12.1 Å². The van der Waals surface area contributed by atoms with Crippen LogP contribution in [0.25, 0.3) is 0 Å². The Hall–Kier alpha value is -1.71. The average Bonchev–Trinajstić information content (AvgIpc) is 2.68. The molecule has 2 aliphatic rings. The van der Waals surface area contributed by atoms with E-state index in [1.165, 1.54) is 12.1 Å². The van der Waals surface area contributed by atoms with Crippen LogP contribution >= 0.6 is 0 Å². The molecule has 2 fully saturated rings. The van der Waals surface area contributed by atoms with Gasteiger partial charge in [0.25, 0.3) is 0 Å². The first kappa shape index (κ1) is 20.0. The summed E-state index contributed by atoms with van der Waals surface area (Å²) >= 11 is 0. The minimum atomic E-state index is -1.00. The van der Waals surface area contributed by atoms with Crippen LogP contribution in [0.5, 0.6) is 5.75 Å². The molecule has 3 rings (SSSR count). The lowest BCUT2D eigenvalue weighted by Gasteiger charge is -2.44. The standard InChI is InChI=1S/C21H27F2NO3/c1-3-21(9-10-24)8-7-20(2,26-14-21)15-12-16(22)19(23)17(13-15)27-18-6-4-5-11-25-18/h12-13,18H,3-9,11,14H2,1-2H3. The second-order valence-corrected chi connectivity index (χ2v) is 7.89. The summed E-state index contributed by atoms with van der Waals surface area (Å²) in [5, 5.41) is 9.10. The Morgan fingerprint density at radius 1 is 1.30 bits per heavy atom. The molecule has 0 saturated carbocycles. The number of nitriles is 1. The highest BCUT2D eigenvalue weighted by atomic mass is 19.2. The van der Waals surface area contributed by atoms with Gasteiger partial charge in [-0.2, -0.15) is 9.65 Å². The summed E-state index contributed by atoms with van der Waals surface area (Å²) in [6.45, 7) is 4.92. The summed E-state index contributed by atoms with van der Waals surface area (Å²) in [7, 11) is 0. The Bertz CT molecular complexity index is 702. The van der Waals surface area contributed by atoms with E-state index in [-0.39, 0.29) is 11.2 Å². The summed E-state index contributed by atoms with van der Waals surface area (Å²) in [4.78, 5) is 0. The summed E-state index contributed by atoms with van der Waals surface area (Å²) in [5.41, 5.74) is -0.357. The highest BCUT2D eigenvalue weighted by molar-refractivity contribution is 5.35. The third-order valence-corrected chi connectivity index (χ3v) is 6.04. The van der Waals surface area contributed by atoms with E-state index >= 15 is 0 Å². The first-order valence-electron chi connectivity index (χ1n) is 9.70. The first-order valence-corrected chi connectivity index (χ1v) is 9.70. The zero-order chi connectivity index (χ0) is 19.5. The number of rotatable bonds is 5. The summed E-state index contributed by atoms with van der Waals surface area (Å²) in [6.07, 6.45) is 4.71. The minimum Gasteiger partial charge on any atom is -0.462 e. The quantitative estimate of drug-likeness (QED) is 0.705. The molecule has 2 saturated heterocycles. The molecule has 0 N–H and O–H groups in total. The Morgan fingerprint density at radius 3 is 2.70 bits per heavy atom. The number of nitrogens with zero attached hydrogens (tertiary/aromatic N) is 1. The van der Waals surface area contributed by atoms with Crippen molar-refractivity contribution in [1.82, 2.24) is 0 Å². The van der Waals surface area contributed by atoms with E-state index in [2.05, 4.69) is 13.0 Å². The normalized spacial score (nSPS) is 31.3. The molecule has 6 heteroatoms. The van der Waals surface area contributed by atoms with E-state index in [0.717, 1.165) is 25.7 Å². The lowest BCUT2D eigenvalue weighted by atomic mass is 9.72. The van der Waals surface area contributed by atoms with E-state index in [9.17, 15) is 8.78 Å². The SMILES string of the molecule is CCC1(CC#N)CCC(C)(c2cc(F)c(F)c(OC3CCCCO3)c2)OC1. The Morgan fingerprint density at radius 2 is 2.11 bits per heavy atom. The number of hydrogen-bond acceptors (Lipinski definition) is 4. The molecule has 3 atom stereocenters. The van der Waals surface area contributed by atoms with Crippen LogP contribution in [0.3, 0.4) is 0 Å². The fraction of sp³-hybridized carbons (Fsp3) is 0.667. The fourth-order valence-electron chi connectivity index (χ4n) is 3.80. The van der Waals surface area contributed by atoms with Crippen LogP contribution in [-0.4, -0.2) is 19.5 Å². The molecule has 0 aromatic heterocycles. The van der Waals surface area contributed by atoms with Crippen LogP contribution in [0, 0.1) is 28.4 Å². The van der Waals surface area contributed by atoms with Gasteiger partial charge in [0.1, 0.15) is 0 Å². The predicted octanol–water partition coefficient (Wildman–Crippen LogP) is 5.21. The second kappa shape index (κ2) is 8.12. The fourth-order valence-corrected chi connectivity index (χ4v) is 3.80. The van der Waals surface area contributed by atoms with Crippen molar-refractivity contribution in [3.8, 4) is 11.8 Å². The molecule has 3 unspecified atom stereocenters. The zero-order valence-electron chi connectivity index (χ0n) is 16.0. The van der Waals surface area contributed by atoms with Crippen LogP contribution in [0.2, 0.25) is 0 Å². The molecule has 0 bridgehead atoms. The number of hydrogen-bond donors (Lipinski definition) is 0. The van der Waals surface area contributed by atoms with Gasteiger partial charge in [0.2, 0.25) is 5.82 Å². The van der Waals surface area contributed by atoms with Gasteiger partial charge in [0.05, 0.1) is 24.9 Å². The highest BCUT2D eigenvalue weighted by Gasteiger charge is 2.42. The van der Waals surface area contributed by atoms with Crippen LogP contribution in [-0.2, 0) is 15.1 Å². The van der Waals surface area contributed by atoms with Gasteiger partial charge in [-0.05, 0) is 56.7 Å². The lowest BCUT2D eigenvalue weighted by molar-refractivity contribution is -0.129. The monoisotopic (exact) mass is 379 g/mol. The van der Waals surface area contributed by atoms with Crippen molar-refractivity contribution in [2.45, 2.75) is 70.7 Å². The third kappa shape index (κ3) is 4.25. The highest BCUT2D eigenvalue weighted by Crippen LogP contribution is 2.46. The van der Waals surface area contributed by atoms with Gasteiger partial charge >= 0.3 is 0 Å². The van der Waals surface area contributed by atoms with Gasteiger partial charge < -0.3 is 14.2 Å². The van der Waals surface area contributed by atoms with Gasteiger partial charge in [-0.1, -0.05) is 6.92 Å². The smallest absolute Gasteiger partial charge is 0.200 e. The van der Waals surface area contributed by atoms with Crippen molar-refractivity contribution >= 4 is 0 Å². The largest absolute Gasteiger partial charge is 0.462 e. The number of halogens is 2. The summed E-state index contributed by atoms with van der Waals surface area (Å²) in [6, 6.07) is 4.96. The molecule has 27 heavy (non-hydrogen) atoms. The Labute approximate surface area is 159 Å². The maximum absolute atomic E-state index is 14.3. The maximum Gasteiger partial charge on any atom is 0.200 e. The van der Waals surface area contributed by atoms with Gasteiger partial charge in [0.15, 0.2) is 17.9 Å². The van der Waals surface area contributed by atoms with Crippen molar-refractivity contribution in [1.29, 1.82) is 5.26 Å². The molecular weight excluding hydrogens is 352 g/mol. The third-order valence-electron chi connectivity index (χ3n) is 6.04. The Balaban J connectivity index is 1.81. The number of ether oxygens (including phenoxy) is 3. The molecule has 2 aliphatic heterocycles. The van der Waals surface area contributed by atoms with Crippen molar-refractivity contribution in [2.75, 3.05) is 13.2 Å². The number of benzene rings is 1. The molecule has 2 heterocycles. The van der Waals surface area contributed by atoms with Gasteiger partial charge in [-0.3, -0.25) is 0 Å². The van der Waals surface area contributed by atoms with Crippen LogP contribution in [0.4, 0.5) is 8.78 Å².